The first-order chi connectivity index (χ1) is 12.8. The van der Waals surface area contributed by atoms with Crippen LogP contribution in [0, 0.1) is 34.5 Å². The van der Waals surface area contributed by atoms with Crippen LogP contribution >= 0.6 is 0 Å². The van der Waals surface area contributed by atoms with Crippen LogP contribution in [-0.4, -0.2) is 34.5 Å². The molecule has 0 bridgehead atoms. The Kier molecular flexibility index (Phi) is 3.92. The van der Waals surface area contributed by atoms with E-state index in [1.165, 1.54) is 6.42 Å². The topological polar surface area (TPSA) is 66.8 Å². The van der Waals surface area contributed by atoms with Crippen LogP contribution in [0.15, 0.2) is 11.6 Å². The van der Waals surface area contributed by atoms with Gasteiger partial charge < -0.3 is 14.9 Å². The molecule has 4 nitrogen and oxygen atoms in total. The van der Waals surface area contributed by atoms with Crippen LogP contribution in [0.5, 0.6) is 0 Å². The summed E-state index contributed by atoms with van der Waals surface area (Å²) in [4.78, 5) is 11.6. The maximum atomic E-state index is 12.1. The lowest BCUT2D eigenvalue weighted by Gasteiger charge is -2.63. The van der Waals surface area contributed by atoms with E-state index in [1.807, 2.05) is 0 Å². The molecule has 1 heterocycles. The lowest BCUT2D eigenvalue weighted by atomic mass is 9.43. The fraction of sp³-hybridized carbons (Fsp3) is 0.870. The minimum Gasteiger partial charge on any atom is -0.458 e. The Hall–Kier alpha value is -0.870. The van der Waals surface area contributed by atoms with Gasteiger partial charge in [0, 0.05) is 11.5 Å². The quantitative estimate of drug-likeness (QED) is 0.688. The predicted octanol–water partition coefficient (Wildman–Crippen LogP) is 3.60. The third-order valence-electron chi connectivity index (χ3n) is 9.96. The van der Waals surface area contributed by atoms with Crippen molar-refractivity contribution in [3.8, 4) is 0 Å². The Morgan fingerprint density at radius 3 is 2.59 bits per heavy atom. The number of hydrogen-bond acceptors (Lipinski definition) is 4. The van der Waals surface area contributed by atoms with Crippen LogP contribution in [0.25, 0.3) is 0 Å². The summed E-state index contributed by atoms with van der Waals surface area (Å²) in [5.41, 5.74) is 0.600. The van der Waals surface area contributed by atoms with Crippen molar-refractivity contribution < 1.29 is 19.7 Å². The molecule has 0 aromatic rings. The number of hydrogen-bond donors (Lipinski definition) is 2. The number of esters is 1. The van der Waals surface area contributed by atoms with E-state index in [4.69, 9.17) is 4.74 Å². The molecule has 4 aliphatic carbocycles. The zero-order valence-electron chi connectivity index (χ0n) is 16.7. The molecule has 0 unspecified atom stereocenters. The second-order valence-electron chi connectivity index (χ2n) is 10.7. The molecule has 0 amide bonds. The number of fused-ring (bicyclic) bond motifs is 5. The maximum absolute atomic E-state index is 12.1. The minimum atomic E-state index is -0.628. The molecule has 4 heteroatoms. The van der Waals surface area contributed by atoms with Gasteiger partial charge in [0.15, 0.2) is 0 Å². The third-order valence-corrected chi connectivity index (χ3v) is 9.96. The molecule has 0 spiro atoms. The summed E-state index contributed by atoms with van der Waals surface area (Å²) in [6, 6.07) is 0. The average Bonchev–Trinajstić information content (AvgIpc) is 3.16. The summed E-state index contributed by atoms with van der Waals surface area (Å²) in [5, 5.41) is 22.3. The van der Waals surface area contributed by atoms with Crippen molar-refractivity contribution in [2.75, 3.05) is 6.61 Å². The van der Waals surface area contributed by atoms with E-state index in [1.54, 1.807) is 6.08 Å². The van der Waals surface area contributed by atoms with Crippen LogP contribution in [0.4, 0.5) is 0 Å². The second-order valence-corrected chi connectivity index (χ2v) is 10.7. The van der Waals surface area contributed by atoms with Gasteiger partial charge in [0.05, 0.1) is 11.7 Å². The lowest BCUT2D eigenvalue weighted by Crippen LogP contribution is -2.62. The molecule has 0 radical (unpaired) electrons. The van der Waals surface area contributed by atoms with Crippen molar-refractivity contribution in [3.63, 3.8) is 0 Å². The Morgan fingerprint density at radius 1 is 1.04 bits per heavy atom. The van der Waals surface area contributed by atoms with Crippen molar-refractivity contribution in [1.82, 2.24) is 0 Å². The van der Waals surface area contributed by atoms with E-state index < -0.39 is 5.60 Å². The first-order valence-electron chi connectivity index (χ1n) is 11.1. The largest absolute Gasteiger partial charge is 0.458 e. The summed E-state index contributed by atoms with van der Waals surface area (Å²) in [7, 11) is 0. The Labute approximate surface area is 162 Å². The van der Waals surface area contributed by atoms with Crippen LogP contribution in [-0.2, 0) is 9.53 Å². The molecule has 4 saturated carbocycles. The zero-order valence-corrected chi connectivity index (χ0v) is 16.7. The average molecular weight is 375 g/mol. The summed E-state index contributed by atoms with van der Waals surface area (Å²) >= 11 is 0. The number of aliphatic hydroxyl groups excluding tert-OH is 1. The summed E-state index contributed by atoms with van der Waals surface area (Å²) in [6.45, 7) is 5.15. The van der Waals surface area contributed by atoms with E-state index in [2.05, 4.69) is 13.8 Å². The maximum Gasteiger partial charge on any atom is 0.331 e. The molecular weight excluding hydrogens is 340 g/mol. The van der Waals surface area contributed by atoms with Gasteiger partial charge in [-0.3, -0.25) is 0 Å². The van der Waals surface area contributed by atoms with E-state index >= 15 is 0 Å². The predicted molar refractivity (Wildman–Crippen MR) is 102 cm³/mol. The van der Waals surface area contributed by atoms with Gasteiger partial charge in [-0.2, -0.15) is 0 Å². The van der Waals surface area contributed by atoms with Gasteiger partial charge in [0.1, 0.15) is 6.61 Å². The number of carbonyl (C=O) groups is 1. The van der Waals surface area contributed by atoms with Gasteiger partial charge in [-0.15, -0.1) is 0 Å². The first-order valence-corrected chi connectivity index (χ1v) is 11.1. The smallest absolute Gasteiger partial charge is 0.331 e. The highest BCUT2D eigenvalue weighted by molar-refractivity contribution is 5.85. The molecule has 0 aromatic carbocycles. The fourth-order valence-corrected chi connectivity index (χ4v) is 8.39. The molecule has 150 valence electrons. The monoisotopic (exact) mass is 374 g/mol. The van der Waals surface area contributed by atoms with Gasteiger partial charge in [-0.1, -0.05) is 13.8 Å². The molecule has 4 fully saturated rings. The number of rotatable bonds is 1. The first kappa shape index (κ1) is 18.2. The van der Waals surface area contributed by atoms with Crippen LogP contribution < -0.4 is 0 Å². The summed E-state index contributed by atoms with van der Waals surface area (Å²) in [5.74, 6) is 1.59. The normalized spacial score (nSPS) is 54.6. The Morgan fingerprint density at radius 2 is 1.85 bits per heavy atom. The van der Waals surface area contributed by atoms with Crippen LogP contribution in [0.1, 0.15) is 71.6 Å². The van der Waals surface area contributed by atoms with Crippen molar-refractivity contribution in [3.05, 3.63) is 11.6 Å². The summed E-state index contributed by atoms with van der Waals surface area (Å²) in [6.07, 6.45) is 10.8. The summed E-state index contributed by atoms with van der Waals surface area (Å²) < 4.78 is 5.20. The van der Waals surface area contributed by atoms with Crippen LogP contribution in [0.2, 0.25) is 0 Å². The molecule has 5 aliphatic rings. The standard InChI is InChI=1S/C23H34O4/c1-21-8-5-16(24)12-15(21)3-4-19-18(21)6-9-22(2)17(7-10-23(19,22)26)14-11-20(25)27-13-14/h11,15-19,24,26H,3-10,12-13H2,1-2H3/t15-,16+,17-,18+,19-,21+,22-,23+/m0/s1. The second kappa shape index (κ2) is 5.82. The van der Waals surface area contributed by atoms with Crippen LogP contribution in [0.3, 0.4) is 0 Å². The molecular formula is C23H34O4. The Balaban J connectivity index is 1.47. The SMILES string of the molecule is C[C@@]12CC[C@@H](O)C[C@@H]1CC[C@H]1[C@H]2CC[C@@]2(C)[C@H](C3=CC(=O)OC3)CC[C@@]12O. The van der Waals surface area contributed by atoms with Gasteiger partial charge in [0.2, 0.25) is 0 Å². The number of carbonyl (C=O) groups excluding carboxylic acids is 1. The molecule has 0 aromatic heterocycles. The van der Waals surface area contributed by atoms with E-state index in [0.717, 1.165) is 56.9 Å². The van der Waals surface area contributed by atoms with Crippen molar-refractivity contribution in [2.45, 2.75) is 83.3 Å². The van der Waals surface area contributed by atoms with Gasteiger partial charge in [-0.25, -0.2) is 4.79 Å². The number of ether oxygens (including phenoxy) is 1. The molecule has 1 aliphatic heterocycles. The Bertz CT molecular complexity index is 686. The number of aliphatic hydroxyl groups is 2. The fourth-order valence-electron chi connectivity index (χ4n) is 8.39. The molecule has 8 atom stereocenters. The van der Waals surface area contributed by atoms with Gasteiger partial charge in [0.25, 0.3) is 0 Å². The lowest BCUT2D eigenvalue weighted by molar-refractivity contribution is -0.208. The molecule has 0 saturated heterocycles. The van der Waals surface area contributed by atoms with Crippen molar-refractivity contribution in [2.24, 2.45) is 34.5 Å². The molecule has 5 rings (SSSR count). The third kappa shape index (κ3) is 2.32. The van der Waals surface area contributed by atoms with Gasteiger partial charge in [-0.05, 0) is 92.4 Å². The van der Waals surface area contributed by atoms with E-state index in [0.29, 0.717) is 24.4 Å². The van der Waals surface area contributed by atoms with E-state index in [9.17, 15) is 15.0 Å². The highest BCUT2D eigenvalue weighted by Gasteiger charge is 2.67. The number of cyclic esters (lactones) is 1. The van der Waals surface area contributed by atoms with E-state index in [-0.39, 0.29) is 28.8 Å². The molecule has 27 heavy (non-hydrogen) atoms. The minimum absolute atomic E-state index is 0.126. The van der Waals surface area contributed by atoms with Gasteiger partial charge >= 0.3 is 5.97 Å². The van der Waals surface area contributed by atoms with Crippen molar-refractivity contribution >= 4 is 5.97 Å². The van der Waals surface area contributed by atoms with Crippen molar-refractivity contribution in [1.29, 1.82) is 0 Å². The molecule has 2 N–H and O–H groups in total. The highest BCUT2D eigenvalue weighted by atomic mass is 16.5. The highest BCUT2D eigenvalue weighted by Crippen LogP contribution is 2.69. The zero-order chi connectivity index (χ0) is 19.0.